The molecule has 0 aromatic rings. The van der Waals surface area contributed by atoms with Crippen molar-refractivity contribution in [2.45, 2.75) is 19.5 Å². The van der Waals surface area contributed by atoms with Gasteiger partial charge in [0.25, 0.3) is 0 Å². The molecular formula is C9H16F3N3O. The fraction of sp³-hybridized carbons (Fsp3) is 0.889. The third-order valence-electron chi connectivity index (χ3n) is 2.82. The zero-order valence-electron chi connectivity index (χ0n) is 9.04. The number of rotatable bonds is 3. The molecule has 0 aromatic heterocycles. The summed E-state index contributed by atoms with van der Waals surface area (Å²) in [5, 5.41) is 10.8. The zero-order valence-corrected chi connectivity index (χ0v) is 9.04. The first kappa shape index (κ1) is 13.1. The van der Waals surface area contributed by atoms with Gasteiger partial charge in [-0.25, -0.2) is 0 Å². The number of amidine groups is 1. The lowest BCUT2D eigenvalue weighted by molar-refractivity contribution is -0.159. The molecule has 0 aromatic carbocycles. The molecule has 1 fully saturated rings. The maximum atomic E-state index is 12.6. The Balaban J connectivity index is 2.65. The zero-order chi connectivity index (χ0) is 12.3. The van der Waals surface area contributed by atoms with Crippen LogP contribution in [0.1, 0.15) is 13.3 Å². The van der Waals surface area contributed by atoms with E-state index in [1.807, 2.05) is 6.92 Å². The van der Waals surface area contributed by atoms with Crippen LogP contribution in [0.2, 0.25) is 0 Å². The first-order chi connectivity index (χ1) is 7.34. The molecule has 2 unspecified atom stereocenters. The molecule has 1 aliphatic heterocycles. The van der Waals surface area contributed by atoms with Crippen molar-refractivity contribution in [2.75, 3.05) is 19.6 Å². The molecule has 1 saturated heterocycles. The Bertz CT molecular complexity index is 267. The number of nitrogens with two attached hydrogens (primary N) is 1. The molecule has 4 nitrogen and oxygen atoms in total. The van der Waals surface area contributed by atoms with Gasteiger partial charge in [0.15, 0.2) is 5.84 Å². The Morgan fingerprint density at radius 2 is 2.25 bits per heavy atom. The predicted molar refractivity (Wildman–Crippen MR) is 53.2 cm³/mol. The largest absolute Gasteiger partial charge is 0.409 e. The summed E-state index contributed by atoms with van der Waals surface area (Å²) in [4.78, 5) is 1.70. The fourth-order valence-corrected chi connectivity index (χ4v) is 1.88. The Labute approximate surface area is 91.9 Å². The maximum absolute atomic E-state index is 12.6. The van der Waals surface area contributed by atoms with Gasteiger partial charge in [-0.3, -0.25) is 0 Å². The molecule has 2 atom stereocenters. The van der Waals surface area contributed by atoms with E-state index in [0.29, 0.717) is 19.0 Å². The van der Waals surface area contributed by atoms with Crippen LogP contribution in [-0.2, 0) is 0 Å². The van der Waals surface area contributed by atoms with Gasteiger partial charge >= 0.3 is 6.18 Å². The van der Waals surface area contributed by atoms with Crippen LogP contribution < -0.4 is 5.73 Å². The lowest BCUT2D eigenvalue weighted by Crippen LogP contribution is -2.43. The van der Waals surface area contributed by atoms with Gasteiger partial charge in [-0.1, -0.05) is 12.1 Å². The monoisotopic (exact) mass is 239 g/mol. The van der Waals surface area contributed by atoms with Crippen LogP contribution in [-0.4, -0.2) is 41.8 Å². The van der Waals surface area contributed by atoms with E-state index in [9.17, 15) is 13.2 Å². The average Bonchev–Trinajstić information content (AvgIpc) is 2.57. The summed E-state index contributed by atoms with van der Waals surface area (Å²) in [6, 6.07) is 0. The lowest BCUT2D eigenvalue weighted by Gasteiger charge is -2.24. The quantitative estimate of drug-likeness (QED) is 0.337. The van der Waals surface area contributed by atoms with Crippen LogP contribution in [0.15, 0.2) is 5.16 Å². The molecule has 1 rings (SSSR count). The van der Waals surface area contributed by atoms with Gasteiger partial charge in [-0.2, -0.15) is 13.2 Å². The highest BCUT2D eigenvalue weighted by atomic mass is 19.4. The van der Waals surface area contributed by atoms with E-state index >= 15 is 0 Å². The average molecular weight is 239 g/mol. The number of hydrogen-bond donors (Lipinski definition) is 2. The molecule has 1 heterocycles. The Hall–Kier alpha value is -0.980. The minimum atomic E-state index is -4.47. The lowest BCUT2D eigenvalue weighted by atomic mass is 10.1. The van der Waals surface area contributed by atoms with Crippen molar-refractivity contribution in [3.63, 3.8) is 0 Å². The van der Waals surface area contributed by atoms with Crippen LogP contribution in [0, 0.1) is 11.8 Å². The molecular weight excluding hydrogens is 223 g/mol. The topological polar surface area (TPSA) is 61.8 Å². The summed E-state index contributed by atoms with van der Waals surface area (Å²) in [6.45, 7) is 3.02. The van der Waals surface area contributed by atoms with E-state index in [4.69, 9.17) is 10.9 Å². The van der Waals surface area contributed by atoms with Crippen molar-refractivity contribution in [1.82, 2.24) is 4.90 Å². The molecule has 0 amide bonds. The summed E-state index contributed by atoms with van der Waals surface area (Å²) in [5.74, 6) is -2.25. The predicted octanol–water partition coefficient (Wildman–Crippen LogP) is 1.25. The first-order valence-electron chi connectivity index (χ1n) is 5.11. The molecule has 1 aliphatic rings. The third kappa shape index (κ3) is 3.26. The summed E-state index contributed by atoms with van der Waals surface area (Å²) in [6.07, 6.45) is -3.58. The number of likely N-dealkylation sites (tertiary alicyclic amines) is 1. The number of hydrogen-bond acceptors (Lipinski definition) is 3. The second-order valence-corrected chi connectivity index (χ2v) is 4.27. The molecule has 16 heavy (non-hydrogen) atoms. The van der Waals surface area contributed by atoms with Crippen LogP contribution in [0.25, 0.3) is 0 Å². The van der Waals surface area contributed by atoms with E-state index in [2.05, 4.69) is 5.16 Å². The fourth-order valence-electron chi connectivity index (χ4n) is 1.88. The minimum absolute atomic E-state index is 0.232. The summed E-state index contributed by atoms with van der Waals surface area (Å²) < 4.78 is 37.8. The van der Waals surface area contributed by atoms with Crippen molar-refractivity contribution in [2.24, 2.45) is 22.7 Å². The summed E-state index contributed by atoms with van der Waals surface area (Å²) in [7, 11) is 0. The first-order valence-corrected chi connectivity index (χ1v) is 5.11. The van der Waals surface area contributed by atoms with E-state index in [0.717, 1.165) is 6.42 Å². The Morgan fingerprint density at radius 1 is 1.62 bits per heavy atom. The van der Waals surface area contributed by atoms with Crippen LogP contribution in [0.3, 0.4) is 0 Å². The second-order valence-electron chi connectivity index (χ2n) is 4.27. The maximum Gasteiger partial charge on any atom is 0.400 e. The molecule has 7 heteroatoms. The SMILES string of the molecule is CC1CCN(CC(C(N)=NO)C(F)(F)F)C1. The number of halogens is 3. The van der Waals surface area contributed by atoms with Crippen LogP contribution in [0.4, 0.5) is 13.2 Å². The molecule has 0 radical (unpaired) electrons. The van der Waals surface area contributed by atoms with Crippen molar-refractivity contribution in [3.8, 4) is 0 Å². The highest BCUT2D eigenvalue weighted by molar-refractivity contribution is 5.83. The van der Waals surface area contributed by atoms with E-state index in [1.165, 1.54) is 0 Å². The molecule has 94 valence electrons. The van der Waals surface area contributed by atoms with Crippen molar-refractivity contribution in [3.05, 3.63) is 0 Å². The second kappa shape index (κ2) is 4.90. The van der Waals surface area contributed by atoms with Gasteiger partial charge in [-0.05, 0) is 18.9 Å². The highest BCUT2D eigenvalue weighted by Crippen LogP contribution is 2.28. The van der Waals surface area contributed by atoms with Crippen LogP contribution in [0.5, 0.6) is 0 Å². The number of alkyl halides is 3. The van der Waals surface area contributed by atoms with E-state index < -0.39 is 17.9 Å². The normalized spacial score (nSPS) is 26.0. The van der Waals surface area contributed by atoms with Crippen molar-refractivity contribution >= 4 is 5.84 Å². The molecule has 0 bridgehead atoms. The third-order valence-corrected chi connectivity index (χ3v) is 2.82. The molecule has 0 spiro atoms. The Morgan fingerprint density at radius 3 is 2.62 bits per heavy atom. The van der Waals surface area contributed by atoms with E-state index in [-0.39, 0.29) is 6.54 Å². The summed E-state index contributed by atoms with van der Waals surface area (Å²) in [5.41, 5.74) is 5.07. The molecule has 0 aliphatic carbocycles. The van der Waals surface area contributed by atoms with Gasteiger partial charge in [0, 0.05) is 13.1 Å². The Kier molecular flexibility index (Phi) is 4.01. The van der Waals surface area contributed by atoms with Gasteiger partial charge in [0.05, 0.1) is 0 Å². The van der Waals surface area contributed by atoms with Gasteiger partial charge < -0.3 is 15.8 Å². The minimum Gasteiger partial charge on any atom is -0.409 e. The van der Waals surface area contributed by atoms with Crippen molar-refractivity contribution in [1.29, 1.82) is 0 Å². The molecule has 3 N–H and O–H groups in total. The number of nitrogens with zero attached hydrogens (tertiary/aromatic N) is 2. The summed E-state index contributed by atoms with van der Waals surface area (Å²) >= 11 is 0. The van der Waals surface area contributed by atoms with Gasteiger partial charge in [0.1, 0.15) is 5.92 Å². The van der Waals surface area contributed by atoms with E-state index in [1.54, 1.807) is 4.90 Å². The van der Waals surface area contributed by atoms with Crippen molar-refractivity contribution < 1.29 is 18.4 Å². The standard InChI is InChI=1S/C9H16F3N3O/c1-6-2-3-15(4-6)5-7(8(13)14-16)9(10,11)12/h6-7,16H,2-5H2,1H3,(H2,13,14). The van der Waals surface area contributed by atoms with Gasteiger partial charge in [-0.15, -0.1) is 0 Å². The highest BCUT2D eigenvalue weighted by Gasteiger charge is 2.44. The number of oxime groups is 1. The molecule has 0 saturated carbocycles. The smallest absolute Gasteiger partial charge is 0.400 e. The van der Waals surface area contributed by atoms with Crippen LogP contribution >= 0.6 is 0 Å². The van der Waals surface area contributed by atoms with Gasteiger partial charge in [0.2, 0.25) is 0 Å².